The van der Waals surface area contributed by atoms with Crippen LogP contribution in [-0.4, -0.2) is 21.1 Å². The highest BCUT2D eigenvalue weighted by atomic mass is 32.1. The topological polar surface area (TPSA) is 83.8 Å². The van der Waals surface area contributed by atoms with Gasteiger partial charge in [0.1, 0.15) is 5.52 Å². The Labute approximate surface area is 141 Å². The van der Waals surface area contributed by atoms with E-state index in [0.29, 0.717) is 22.9 Å². The van der Waals surface area contributed by atoms with E-state index in [4.69, 9.17) is 4.42 Å². The van der Waals surface area contributed by atoms with Crippen LogP contribution in [0.3, 0.4) is 0 Å². The Kier molecular flexibility index (Phi) is 3.62. The van der Waals surface area contributed by atoms with Crippen molar-refractivity contribution in [2.24, 2.45) is 0 Å². The number of aryl methyl sites for hydroxylation is 1. The Bertz CT molecular complexity index is 1000. The maximum atomic E-state index is 12.4. The summed E-state index contributed by atoms with van der Waals surface area (Å²) in [5.41, 5.74) is 3.27. The van der Waals surface area contributed by atoms with Crippen molar-refractivity contribution in [1.29, 1.82) is 0 Å². The molecule has 0 spiro atoms. The van der Waals surface area contributed by atoms with Gasteiger partial charge in [-0.25, -0.2) is 4.98 Å². The summed E-state index contributed by atoms with van der Waals surface area (Å²) < 4.78 is 5.57. The van der Waals surface area contributed by atoms with E-state index in [-0.39, 0.29) is 5.91 Å². The van der Waals surface area contributed by atoms with Crippen LogP contribution in [0.2, 0.25) is 0 Å². The minimum Gasteiger partial charge on any atom is -0.441 e. The first kappa shape index (κ1) is 14.6. The van der Waals surface area contributed by atoms with Crippen LogP contribution in [-0.2, 0) is 6.42 Å². The van der Waals surface area contributed by atoms with E-state index in [0.717, 1.165) is 22.5 Å². The van der Waals surface area contributed by atoms with E-state index < -0.39 is 0 Å². The Morgan fingerprint density at radius 2 is 2.25 bits per heavy atom. The van der Waals surface area contributed by atoms with Crippen molar-refractivity contribution in [2.75, 3.05) is 5.32 Å². The van der Waals surface area contributed by atoms with Gasteiger partial charge in [0, 0.05) is 12.1 Å². The maximum Gasteiger partial charge on any atom is 0.276 e. The van der Waals surface area contributed by atoms with Gasteiger partial charge in [0.15, 0.2) is 17.2 Å². The van der Waals surface area contributed by atoms with E-state index in [2.05, 4.69) is 20.5 Å². The van der Waals surface area contributed by atoms with Crippen LogP contribution in [0.15, 0.2) is 46.2 Å². The molecule has 7 heteroatoms. The zero-order valence-electron chi connectivity index (χ0n) is 12.9. The average Bonchev–Trinajstić information content (AvgIpc) is 3.32. The van der Waals surface area contributed by atoms with E-state index in [9.17, 15) is 4.79 Å². The number of aromatic amines is 1. The summed E-state index contributed by atoms with van der Waals surface area (Å²) in [5, 5.41) is 11.8. The molecule has 0 unspecified atom stereocenters. The molecular weight excluding hydrogens is 324 g/mol. The quantitative estimate of drug-likeness (QED) is 0.587. The van der Waals surface area contributed by atoms with Gasteiger partial charge >= 0.3 is 0 Å². The molecule has 0 fully saturated rings. The number of hydrogen-bond donors (Lipinski definition) is 2. The van der Waals surface area contributed by atoms with Crippen molar-refractivity contribution in [3.8, 4) is 10.6 Å². The number of nitrogens with one attached hydrogen (secondary N) is 2. The monoisotopic (exact) mass is 338 g/mol. The normalized spacial score (nSPS) is 11.0. The summed E-state index contributed by atoms with van der Waals surface area (Å²) in [4.78, 5) is 17.8. The molecule has 2 N–H and O–H groups in total. The van der Waals surface area contributed by atoms with Gasteiger partial charge in [-0.05, 0) is 35.7 Å². The highest BCUT2D eigenvalue weighted by Gasteiger charge is 2.13. The van der Waals surface area contributed by atoms with Gasteiger partial charge in [-0.3, -0.25) is 9.89 Å². The first-order chi connectivity index (χ1) is 11.7. The zero-order chi connectivity index (χ0) is 16.5. The zero-order valence-corrected chi connectivity index (χ0v) is 13.7. The Morgan fingerprint density at radius 1 is 1.33 bits per heavy atom. The number of oxazole rings is 1. The molecule has 1 amide bonds. The van der Waals surface area contributed by atoms with Gasteiger partial charge in [-0.1, -0.05) is 13.0 Å². The number of nitrogens with zero attached hydrogens (tertiary/aromatic N) is 2. The lowest BCUT2D eigenvalue weighted by atomic mass is 10.2. The molecule has 24 heavy (non-hydrogen) atoms. The average molecular weight is 338 g/mol. The lowest BCUT2D eigenvalue weighted by Gasteiger charge is -2.02. The molecule has 4 rings (SSSR count). The van der Waals surface area contributed by atoms with Crippen LogP contribution in [0.1, 0.15) is 23.3 Å². The highest BCUT2D eigenvalue weighted by Crippen LogP contribution is 2.24. The van der Waals surface area contributed by atoms with Crippen LogP contribution in [0.4, 0.5) is 5.69 Å². The van der Waals surface area contributed by atoms with Crippen molar-refractivity contribution < 1.29 is 9.21 Å². The minimum atomic E-state index is -0.271. The molecule has 0 aliphatic heterocycles. The van der Waals surface area contributed by atoms with Gasteiger partial charge in [0.05, 0.1) is 10.6 Å². The molecule has 0 bridgehead atoms. The summed E-state index contributed by atoms with van der Waals surface area (Å²) >= 11 is 1.59. The third-order valence-corrected chi connectivity index (χ3v) is 4.49. The van der Waals surface area contributed by atoms with Crippen LogP contribution < -0.4 is 5.32 Å². The summed E-state index contributed by atoms with van der Waals surface area (Å²) in [6, 6.07) is 11.1. The van der Waals surface area contributed by atoms with Gasteiger partial charge in [-0.2, -0.15) is 5.10 Å². The fourth-order valence-electron chi connectivity index (χ4n) is 2.40. The molecular formula is C17H14N4O2S. The number of benzene rings is 1. The molecule has 0 aliphatic carbocycles. The summed E-state index contributed by atoms with van der Waals surface area (Å²) in [6.45, 7) is 1.98. The predicted molar refractivity (Wildman–Crippen MR) is 93.2 cm³/mol. The fourth-order valence-corrected chi connectivity index (χ4v) is 3.09. The van der Waals surface area contributed by atoms with Gasteiger partial charge < -0.3 is 9.73 Å². The van der Waals surface area contributed by atoms with E-state index in [1.54, 1.807) is 35.6 Å². The molecule has 0 saturated carbocycles. The lowest BCUT2D eigenvalue weighted by molar-refractivity contribution is 0.102. The standard InChI is InChI=1S/C17H14N4O2S/c1-2-16-19-11-8-10(5-6-14(11)23-16)18-17(22)13-9-12(20-21-13)15-4-3-7-24-15/h3-9H,2H2,1H3,(H,18,22)(H,20,21). The molecule has 1 aromatic carbocycles. The fraction of sp³-hybridized carbons (Fsp3) is 0.118. The van der Waals surface area contributed by atoms with Crippen molar-refractivity contribution in [3.63, 3.8) is 0 Å². The van der Waals surface area contributed by atoms with Crippen molar-refractivity contribution in [1.82, 2.24) is 15.2 Å². The highest BCUT2D eigenvalue weighted by molar-refractivity contribution is 7.13. The number of carbonyl (C=O) groups is 1. The number of rotatable bonds is 4. The van der Waals surface area contributed by atoms with E-state index in [1.165, 1.54) is 0 Å². The summed E-state index contributed by atoms with van der Waals surface area (Å²) in [7, 11) is 0. The number of hydrogen-bond acceptors (Lipinski definition) is 5. The number of aromatic nitrogens is 3. The van der Waals surface area contributed by atoms with Gasteiger partial charge in [-0.15, -0.1) is 11.3 Å². The largest absolute Gasteiger partial charge is 0.441 e. The third kappa shape index (κ3) is 2.69. The van der Waals surface area contributed by atoms with Crippen molar-refractivity contribution >= 4 is 34.0 Å². The Morgan fingerprint density at radius 3 is 3.04 bits per heavy atom. The number of amides is 1. The van der Waals surface area contributed by atoms with Gasteiger partial charge in [0.25, 0.3) is 5.91 Å². The number of carbonyl (C=O) groups excluding carboxylic acids is 1. The predicted octanol–water partition coefficient (Wildman–Crippen LogP) is 4.09. The second kappa shape index (κ2) is 5.93. The second-order valence-electron chi connectivity index (χ2n) is 5.24. The van der Waals surface area contributed by atoms with Crippen molar-refractivity contribution in [2.45, 2.75) is 13.3 Å². The minimum absolute atomic E-state index is 0.271. The molecule has 4 aromatic rings. The maximum absolute atomic E-state index is 12.4. The molecule has 0 saturated heterocycles. The van der Waals surface area contributed by atoms with E-state index >= 15 is 0 Å². The molecule has 0 atom stereocenters. The Balaban J connectivity index is 1.55. The van der Waals surface area contributed by atoms with Crippen molar-refractivity contribution in [3.05, 3.63) is 53.4 Å². The first-order valence-corrected chi connectivity index (χ1v) is 8.41. The van der Waals surface area contributed by atoms with Crippen LogP contribution in [0, 0.1) is 0 Å². The molecule has 3 aromatic heterocycles. The van der Waals surface area contributed by atoms with Crippen LogP contribution in [0.5, 0.6) is 0 Å². The molecule has 0 aliphatic rings. The number of fused-ring (bicyclic) bond motifs is 1. The molecule has 120 valence electrons. The third-order valence-electron chi connectivity index (χ3n) is 3.59. The van der Waals surface area contributed by atoms with Crippen LogP contribution >= 0.6 is 11.3 Å². The summed E-state index contributed by atoms with van der Waals surface area (Å²) in [6.07, 6.45) is 0.731. The molecule has 3 heterocycles. The lowest BCUT2D eigenvalue weighted by Crippen LogP contribution is -2.12. The first-order valence-electron chi connectivity index (χ1n) is 7.53. The summed E-state index contributed by atoms with van der Waals surface area (Å²) in [5.74, 6) is 0.411. The van der Waals surface area contributed by atoms with Gasteiger partial charge in [0.2, 0.25) is 0 Å². The number of H-pyrrole nitrogens is 1. The SMILES string of the molecule is CCc1nc2cc(NC(=O)c3cc(-c4cccs4)[nH]n3)ccc2o1. The second-order valence-corrected chi connectivity index (χ2v) is 6.19. The number of anilines is 1. The molecule has 0 radical (unpaired) electrons. The Hall–Kier alpha value is -2.93. The molecule has 6 nitrogen and oxygen atoms in total. The number of thiophene rings is 1. The van der Waals surface area contributed by atoms with Crippen LogP contribution in [0.25, 0.3) is 21.7 Å². The van der Waals surface area contributed by atoms with E-state index in [1.807, 2.05) is 24.4 Å². The smallest absolute Gasteiger partial charge is 0.276 e.